The molecule has 26 heavy (non-hydrogen) atoms. The molecular weight excluding hydrogens is 355 g/mol. The van der Waals surface area contributed by atoms with Crippen LogP contribution in [0.1, 0.15) is 21.5 Å². The molecule has 5 nitrogen and oxygen atoms in total. The van der Waals surface area contributed by atoms with Gasteiger partial charge in [0.15, 0.2) is 0 Å². The Kier molecular flexibility index (Phi) is 5.43. The second kappa shape index (κ2) is 7.93. The van der Waals surface area contributed by atoms with Crippen LogP contribution >= 0.6 is 11.6 Å². The zero-order chi connectivity index (χ0) is 18.5. The van der Waals surface area contributed by atoms with E-state index in [1.165, 1.54) is 24.5 Å². The maximum atomic E-state index is 12.9. The molecule has 0 aliphatic carbocycles. The number of nitrogens with one attached hydrogen (secondary N) is 2. The van der Waals surface area contributed by atoms with Crippen LogP contribution in [0.2, 0.25) is 5.02 Å². The van der Waals surface area contributed by atoms with Gasteiger partial charge >= 0.3 is 0 Å². The van der Waals surface area contributed by atoms with Crippen LogP contribution in [0.15, 0.2) is 54.9 Å². The molecule has 0 aliphatic heterocycles. The number of hydrogen-bond acceptors (Lipinski definition) is 4. The SMILES string of the molecule is Cc1cc(Cl)ccc1NC(=O)c1cnc(NCc2ccc(F)cc2)nc1. The highest BCUT2D eigenvalue weighted by atomic mass is 35.5. The summed E-state index contributed by atoms with van der Waals surface area (Å²) in [5.74, 6) is -0.203. The van der Waals surface area contributed by atoms with Crippen molar-refractivity contribution in [1.29, 1.82) is 0 Å². The molecule has 2 aromatic carbocycles. The van der Waals surface area contributed by atoms with Crippen molar-refractivity contribution in [2.75, 3.05) is 10.6 Å². The molecule has 0 saturated carbocycles. The minimum Gasteiger partial charge on any atom is -0.350 e. The molecule has 0 aliphatic rings. The summed E-state index contributed by atoms with van der Waals surface area (Å²) in [7, 11) is 0. The number of aryl methyl sites for hydroxylation is 1. The Labute approximate surface area is 155 Å². The van der Waals surface area contributed by atoms with Crippen molar-refractivity contribution < 1.29 is 9.18 Å². The lowest BCUT2D eigenvalue weighted by Crippen LogP contribution is -2.14. The average molecular weight is 371 g/mol. The van der Waals surface area contributed by atoms with Gasteiger partial charge in [-0.3, -0.25) is 4.79 Å². The molecule has 0 atom stereocenters. The van der Waals surface area contributed by atoms with E-state index in [0.717, 1.165) is 11.1 Å². The molecule has 0 spiro atoms. The van der Waals surface area contributed by atoms with Crippen molar-refractivity contribution in [3.63, 3.8) is 0 Å². The first-order valence-corrected chi connectivity index (χ1v) is 8.27. The van der Waals surface area contributed by atoms with E-state index in [2.05, 4.69) is 20.6 Å². The number of carbonyl (C=O) groups is 1. The van der Waals surface area contributed by atoms with E-state index in [1.54, 1.807) is 30.3 Å². The predicted molar refractivity (Wildman–Crippen MR) is 99.9 cm³/mol. The normalized spacial score (nSPS) is 10.4. The lowest BCUT2D eigenvalue weighted by atomic mass is 10.2. The zero-order valence-corrected chi connectivity index (χ0v) is 14.7. The molecule has 132 valence electrons. The number of carbonyl (C=O) groups excluding carboxylic acids is 1. The highest BCUT2D eigenvalue weighted by Gasteiger charge is 2.09. The molecule has 0 unspecified atom stereocenters. The largest absolute Gasteiger partial charge is 0.350 e. The topological polar surface area (TPSA) is 66.9 Å². The minimum atomic E-state index is -0.305. The number of benzene rings is 2. The van der Waals surface area contributed by atoms with Crippen molar-refractivity contribution in [2.24, 2.45) is 0 Å². The summed E-state index contributed by atoms with van der Waals surface area (Å²) in [6.45, 7) is 2.32. The second-order valence-corrected chi connectivity index (χ2v) is 6.13. The summed E-state index contributed by atoms with van der Waals surface area (Å²) in [4.78, 5) is 20.6. The number of aromatic nitrogens is 2. The van der Waals surface area contributed by atoms with Gasteiger partial charge in [0.05, 0.1) is 5.56 Å². The Morgan fingerprint density at radius 3 is 2.46 bits per heavy atom. The first kappa shape index (κ1) is 17.8. The van der Waals surface area contributed by atoms with Gasteiger partial charge in [0.1, 0.15) is 5.82 Å². The van der Waals surface area contributed by atoms with Crippen molar-refractivity contribution >= 4 is 29.1 Å². The van der Waals surface area contributed by atoms with E-state index in [1.807, 2.05) is 6.92 Å². The van der Waals surface area contributed by atoms with E-state index in [0.29, 0.717) is 28.8 Å². The predicted octanol–water partition coefficient (Wildman–Crippen LogP) is 4.44. The molecule has 3 aromatic rings. The molecule has 2 N–H and O–H groups in total. The van der Waals surface area contributed by atoms with Crippen molar-refractivity contribution in [3.05, 3.63) is 82.4 Å². The number of nitrogens with zero attached hydrogens (tertiary/aromatic N) is 2. The number of halogens is 2. The Bertz CT molecular complexity index is 914. The van der Waals surface area contributed by atoms with Crippen LogP contribution < -0.4 is 10.6 Å². The smallest absolute Gasteiger partial charge is 0.258 e. The molecular formula is C19H16ClFN4O. The minimum absolute atomic E-state index is 0.281. The molecule has 7 heteroatoms. The van der Waals surface area contributed by atoms with E-state index in [4.69, 9.17) is 11.6 Å². The Morgan fingerprint density at radius 1 is 1.12 bits per heavy atom. The van der Waals surface area contributed by atoms with Crippen molar-refractivity contribution in [2.45, 2.75) is 13.5 Å². The van der Waals surface area contributed by atoms with Gasteiger partial charge in [0.2, 0.25) is 5.95 Å². The van der Waals surface area contributed by atoms with Crippen LogP contribution in [0.5, 0.6) is 0 Å². The van der Waals surface area contributed by atoms with Gasteiger partial charge in [-0.15, -0.1) is 0 Å². The van der Waals surface area contributed by atoms with Crippen LogP contribution in [-0.4, -0.2) is 15.9 Å². The van der Waals surface area contributed by atoms with E-state index in [9.17, 15) is 9.18 Å². The number of anilines is 2. The average Bonchev–Trinajstić information content (AvgIpc) is 2.64. The Morgan fingerprint density at radius 2 is 1.81 bits per heavy atom. The Balaban J connectivity index is 1.61. The van der Waals surface area contributed by atoms with Crippen molar-refractivity contribution in [1.82, 2.24) is 9.97 Å². The van der Waals surface area contributed by atoms with Gasteiger partial charge in [-0.05, 0) is 48.4 Å². The molecule has 3 rings (SSSR count). The van der Waals surface area contributed by atoms with Gasteiger partial charge in [-0.25, -0.2) is 14.4 Å². The molecule has 1 amide bonds. The highest BCUT2D eigenvalue weighted by Crippen LogP contribution is 2.20. The summed E-state index contributed by atoms with van der Waals surface area (Å²) in [5.41, 5.74) is 2.78. The molecule has 1 heterocycles. The van der Waals surface area contributed by atoms with Gasteiger partial charge in [0.25, 0.3) is 5.91 Å². The first-order chi connectivity index (χ1) is 12.5. The molecule has 1 aromatic heterocycles. The van der Waals surface area contributed by atoms with E-state index in [-0.39, 0.29) is 11.7 Å². The highest BCUT2D eigenvalue weighted by molar-refractivity contribution is 6.30. The first-order valence-electron chi connectivity index (χ1n) is 7.89. The summed E-state index contributed by atoms with van der Waals surface area (Å²) in [6, 6.07) is 11.4. The van der Waals surface area contributed by atoms with Gasteiger partial charge in [-0.2, -0.15) is 0 Å². The fourth-order valence-corrected chi connectivity index (χ4v) is 2.51. The van der Waals surface area contributed by atoms with Crippen LogP contribution in [0.25, 0.3) is 0 Å². The lowest BCUT2D eigenvalue weighted by molar-refractivity contribution is 0.102. The van der Waals surface area contributed by atoms with Crippen LogP contribution in [0, 0.1) is 12.7 Å². The van der Waals surface area contributed by atoms with E-state index < -0.39 is 0 Å². The number of amides is 1. The van der Waals surface area contributed by atoms with Gasteiger partial charge in [-0.1, -0.05) is 23.7 Å². The second-order valence-electron chi connectivity index (χ2n) is 5.69. The third kappa shape index (κ3) is 4.55. The summed E-state index contributed by atoms with van der Waals surface area (Å²) in [5, 5.41) is 6.43. The monoisotopic (exact) mass is 370 g/mol. The summed E-state index contributed by atoms with van der Waals surface area (Å²) >= 11 is 5.91. The molecule has 0 fully saturated rings. The van der Waals surface area contributed by atoms with E-state index >= 15 is 0 Å². The van der Waals surface area contributed by atoms with Gasteiger partial charge < -0.3 is 10.6 Å². The van der Waals surface area contributed by atoms with Crippen LogP contribution in [0.3, 0.4) is 0 Å². The molecule has 0 bridgehead atoms. The third-order valence-corrected chi connectivity index (χ3v) is 3.95. The fourth-order valence-electron chi connectivity index (χ4n) is 2.28. The van der Waals surface area contributed by atoms with Gasteiger partial charge in [0, 0.05) is 29.6 Å². The lowest BCUT2D eigenvalue weighted by Gasteiger charge is -2.09. The number of hydrogen-bond donors (Lipinski definition) is 2. The van der Waals surface area contributed by atoms with Crippen LogP contribution in [0.4, 0.5) is 16.0 Å². The Hall–Kier alpha value is -2.99. The van der Waals surface area contributed by atoms with Crippen LogP contribution in [-0.2, 0) is 6.54 Å². The maximum absolute atomic E-state index is 12.9. The maximum Gasteiger partial charge on any atom is 0.258 e. The zero-order valence-electron chi connectivity index (χ0n) is 14.0. The molecule has 0 saturated heterocycles. The fraction of sp³-hybridized carbons (Fsp3) is 0.105. The number of rotatable bonds is 5. The third-order valence-electron chi connectivity index (χ3n) is 3.71. The summed E-state index contributed by atoms with van der Waals surface area (Å²) < 4.78 is 12.9. The quantitative estimate of drug-likeness (QED) is 0.696. The summed E-state index contributed by atoms with van der Waals surface area (Å²) in [6.07, 6.45) is 2.89. The standard InChI is InChI=1S/C19H16ClFN4O/c1-12-8-15(20)4-7-17(12)25-18(26)14-10-23-19(24-11-14)22-9-13-2-5-16(21)6-3-13/h2-8,10-11H,9H2,1H3,(H,25,26)(H,22,23,24). The van der Waals surface area contributed by atoms with Crippen molar-refractivity contribution in [3.8, 4) is 0 Å². The molecule has 0 radical (unpaired) electrons.